The Bertz CT molecular complexity index is 314. The Balaban J connectivity index is 2.78. The molecule has 1 unspecified atom stereocenters. The van der Waals surface area contributed by atoms with Crippen LogP contribution in [-0.4, -0.2) is 13.7 Å². The summed E-state index contributed by atoms with van der Waals surface area (Å²) in [5.41, 5.74) is 0.668. The van der Waals surface area contributed by atoms with Crippen molar-refractivity contribution in [2.75, 3.05) is 13.7 Å². The lowest BCUT2D eigenvalue weighted by atomic mass is 10.1. The van der Waals surface area contributed by atoms with E-state index in [0.29, 0.717) is 17.9 Å². The first-order chi connectivity index (χ1) is 7.19. The Hall–Kier alpha value is -1.09. The topological polar surface area (TPSA) is 21.3 Å². The van der Waals surface area contributed by atoms with Crippen LogP contribution in [0.3, 0.4) is 0 Å². The van der Waals surface area contributed by atoms with Gasteiger partial charge in [0.15, 0.2) is 0 Å². The van der Waals surface area contributed by atoms with E-state index in [0.717, 1.165) is 6.42 Å². The fourth-order valence-electron chi connectivity index (χ4n) is 1.32. The lowest BCUT2D eigenvalue weighted by molar-refractivity contribution is 0.315. The zero-order valence-corrected chi connectivity index (χ0v) is 9.51. The maximum atomic E-state index is 13.6. The molecule has 0 amide bonds. The summed E-state index contributed by atoms with van der Waals surface area (Å²) in [6, 6.07) is 5.03. The van der Waals surface area contributed by atoms with Crippen molar-refractivity contribution in [1.82, 2.24) is 5.32 Å². The van der Waals surface area contributed by atoms with Crippen LogP contribution >= 0.6 is 0 Å². The van der Waals surface area contributed by atoms with Gasteiger partial charge in [-0.25, -0.2) is 4.39 Å². The summed E-state index contributed by atoms with van der Waals surface area (Å²) in [7, 11) is 1.81. The largest absolute Gasteiger partial charge is 0.494 e. The lowest BCUT2D eigenvalue weighted by Crippen LogP contribution is -2.13. The molecule has 1 aromatic rings. The van der Waals surface area contributed by atoms with Gasteiger partial charge in [-0.3, -0.25) is 0 Å². The van der Waals surface area contributed by atoms with Gasteiger partial charge in [-0.15, -0.1) is 0 Å². The standard InChI is InChI=1S/C12H18FNO/c1-4-7-15-10-5-6-11(9(2)14-3)12(13)8-10/h5-6,8-9,14H,4,7H2,1-3H3. The molecule has 0 spiro atoms. The van der Waals surface area contributed by atoms with Gasteiger partial charge >= 0.3 is 0 Å². The van der Waals surface area contributed by atoms with Crippen LogP contribution in [0.4, 0.5) is 4.39 Å². The SMILES string of the molecule is CCCOc1ccc(C(C)NC)c(F)c1. The maximum Gasteiger partial charge on any atom is 0.131 e. The number of hydrogen-bond acceptors (Lipinski definition) is 2. The van der Waals surface area contributed by atoms with Crippen molar-refractivity contribution in [3.05, 3.63) is 29.6 Å². The van der Waals surface area contributed by atoms with Crippen LogP contribution in [0.15, 0.2) is 18.2 Å². The second-order valence-corrected chi connectivity index (χ2v) is 3.54. The van der Waals surface area contributed by atoms with E-state index in [4.69, 9.17) is 4.74 Å². The molecule has 0 fully saturated rings. The van der Waals surface area contributed by atoms with Crippen molar-refractivity contribution >= 4 is 0 Å². The molecule has 0 aliphatic heterocycles. The van der Waals surface area contributed by atoms with Crippen molar-refractivity contribution in [3.63, 3.8) is 0 Å². The molecule has 0 heterocycles. The van der Waals surface area contributed by atoms with Gasteiger partial charge in [0.1, 0.15) is 11.6 Å². The van der Waals surface area contributed by atoms with Crippen molar-refractivity contribution in [1.29, 1.82) is 0 Å². The summed E-state index contributed by atoms with van der Waals surface area (Å²) in [4.78, 5) is 0. The Morgan fingerprint density at radius 2 is 2.20 bits per heavy atom. The highest BCUT2D eigenvalue weighted by molar-refractivity contribution is 5.30. The zero-order chi connectivity index (χ0) is 11.3. The molecule has 1 atom stereocenters. The summed E-state index contributed by atoms with van der Waals surface area (Å²) in [5.74, 6) is 0.381. The average Bonchev–Trinajstić information content (AvgIpc) is 2.25. The highest BCUT2D eigenvalue weighted by Gasteiger charge is 2.09. The predicted molar refractivity (Wildman–Crippen MR) is 59.7 cm³/mol. The second-order valence-electron chi connectivity index (χ2n) is 3.54. The van der Waals surface area contributed by atoms with E-state index < -0.39 is 0 Å². The molecule has 3 heteroatoms. The van der Waals surface area contributed by atoms with Gasteiger partial charge in [-0.05, 0) is 26.5 Å². The number of benzene rings is 1. The smallest absolute Gasteiger partial charge is 0.131 e. The predicted octanol–water partition coefficient (Wildman–Crippen LogP) is 2.89. The molecule has 0 aromatic heterocycles. The van der Waals surface area contributed by atoms with E-state index in [1.165, 1.54) is 6.07 Å². The Labute approximate surface area is 90.4 Å². The van der Waals surface area contributed by atoms with Crippen molar-refractivity contribution in [2.24, 2.45) is 0 Å². The lowest BCUT2D eigenvalue weighted by Gasteiger charge is -2.13. The molecule has 84 valence electrons. The molecule has 1 aromatic carbocycles. The van der Waals surface area contributed by atoms with Crippen LogP contribution in [-0.2, 0) is 0 Å². The van der Waals surface area contributed by atoms with Crippen molar-refractivity contribution in [2.45, 2.75) is 26.3 Å². The van der Waals surface area contributed by atoms with Crippen molar-refractivity contribution in [3.8, 4) is 5.75 Å². The molecule has 0 saturated carbocycles. The van der Waals surface area contributed by atoms with E-state index >= 15 is 0 Å². The third-order valence-electron chi connectivity index (χ3n) is 2.34. The highest BCUT2D eigenvalue weighted by Crippen LogP contribution is 2.21. The fourth-order valence-corrected chi connectivity index (χ4v) is 1.32. The van der Waals surface area contributed by atoms with Gasteiger partial charge in [-0.1, -0.05) is 13.0 Å². The summed E-state index contributed by atoms with van der Waals surface area (Å²) >= 11 is 0. The second kappa shape index (κ2) is 5.71. The maximum absolute atomic E-state index is 13.6. The quantitative estimate of drug-likeness (QED) is 0.808. The molecule has 0 radical (unpaired) electrons. The van der Waals surface area contributed by atoms with Crippen molar-refractivity contribution < 1.29 is 9.13 Å². The first kappa shape index (κ1) is 12.0. The van der Waals surface area contributed by atoms with Gasteiger partial charge < -0.3 is 10.1 Å². The summed E-state index contributed by atoms with van der Waals surface area (Å²) in [6.07, 6.45) is 0.927. The van der Waals surface area contributed by atoms with Crippen LogP contribution in [0, 0.1) is 5.82 Å². The molecule has 0 aliphatic rings. The van der Waals surface area contributed by atoms with E-state index in [1.54, 1.807) is 6.07 Å². The Morgan fingerprint density at radius 3 is 2.73 bits per heavy atom. The monoisotopic (exact) mass is 211 g/mol. The molecule has 1 N–H and O–H groups in total. The van der Waals surface area contributed by atoms with Gasteiger partial charge in [0, 0.05) is 17.7 Å². The van der Waals surface area contributed by atoms with Gasteiger partial charge in [0.05, 0.1) is 6.61 Å². The minimum atomic E-state index is -0.217. The molecular weight excluding hydrogens is 193 g/mol. The molecule has 0 bridgehead atoms. The Kier molecular flexibility index (Phi) is 4.56. The average molecular weight is 211 g/mol. The number of nitrogens with one attached hydrogen (secondary N) is 1. The zero-order valence-electron chi connectivity index (χ0n) is 9.51. The molecule has 1 rings (SSSR count). The van der Waals surface area contributed by atoms with Gasteiger partial charge in [-0.2, -0.15) is 0 Å². The number of rotatable bonds is 5. The minimum Gasteiger partial charge on any atom is -0.494 e. The fraction of sp³-hybridized carbons (Fsp3) is 0.500. The first-order valence-corrected chi connectivity index (χ1v) is 5.28. The first-order valence-electron chi connectivity index (χ1n) is 5.28. The van der Waals surface area contributed by atoms with E-state index in [1.807, 2.05) is 27.0 Å². The highest BCUT2D eigenvalue weighted by atomic mass is 19.1. The number of hydrogen-bond donors (Lipinski definition) is 1. The Morgan fingerprint density at radius 1 is 1.47 bits per heavy atom. The van der Waals surface area contributed by atoms with Crippen LogP contribution in [0.5, 0.6) is 5.75 Å². The summed E-state index contributed by atoms with van der Waals surface area (Å²) < 4.78 is 18.9. The number of ether oxygens (including phenoxy) is 1. The third-order valence-corrected chi connectivity index (χ3v) is 2.34. The molecule has 15 heavy (non-hydrogen) atoms. The van der Waals surface area contributed by atoms with Crippen LogP contribution < -0.4 is 10.1 Å². The molecular formula is C12H18FNO. The molecule has 0 saturated heterocycles. The van der Waals surface area contributed by atoms with E-state index in [2.05, 4.69) is 5.32 Å². The van der Waals surface area contributed by atoms with Crippen LogP contribution in [0.2, 0.25) is 0 Å². The molecule has 0 aliphatic carbocycles. The van der Waals surface area contributed by atoms with E-state index in [9.17, 15) is 4.39 Å². The summed E-state index contributed by atoms with van der Waals surface area (Å²) in [6.45, 7) is 4.57. The van der Waals surface area contributed by atoms with E-state index in [-0.39, 0.29) is 11.9 Å². The number of halogens is 1. The molecule has 2 nitrogen and oxygen atoms in total. The van der Waals surface area contributed by atoms with Crippen LogP contribution in [0.1, 0.15) is 31.9 Å². The normalized spacial score (nSPS) is 12.5. The summed E-state index contributed by atoms with van der Waals surface area (Å²) in [5, 5.41) is 3.00. The van der Waals surface area contributed by atoms with Gasteiger partial charge in [0.25, 0.3) is 0 Å². The van der Waals surface area contributed by atoms with Gasteiger partial charge in [0.2, 0.25) is 0 Å². The third kappa shape index (κ3) is 3.20. The van der Waals surface area contributed by atoms with Crippen LogP contribution in [0.25, 0.3) is 0 Å². The minimum absolute atomic E-state index is 0.0187.